The van der Waals surface area contributed by atoms with Crippen LogP contribution in [0.15, 0.2) is 36.9 Å². The third-order valence-corrected chi connectivity index (χ3v) is 3.37. The lowest BCUT2D eigenvalue weighted by Gasteiger charge is -2.24. The average molecular weight is 363 g/mol. The molecule has 1 unspecified atom stereocenters. The van der Waals surface area contributed by atoms with Gasteiger partial charge >= 0.3 is 6.09 Å². The Labute approximate surface area is 152 Å². The maximum atomic E-state index is 12.5. The molecule has 2 N–H and O–H groups in total. The van der Waals surface area contributed by atoms with Crippen LogP contribution in [-0.2, 0) is 9.53 Å². The minimum atomic E-state index is -0.896. The summed E-state index contributed by atoms with van der Waals surface area (Å²) in [6.07, 6.45) is 0.962. The van der Waals surface area contributed by atoms with Crippen molar-refractivity contribution in [2.75, 3.05) is 0 Å². The van der Waals surface area contributed by atoms with Gasteiger partial charge in [0.2, 0.25) is 5.91 Å². The number of rotatable bonds is 7. The fourth-order valence-electron chi connectivity index (χ4n) is 2.26. The second-order valence-corrected chi connectivity index (χ2v) is 6.77. The number of carbonyl (C=O) groups excluding carboxylic acids is 2. The Morgan fingerprint density at radius 2 is 1.92 bits per heavy atom. The Bertz CT molecular complexity index is 682. The van der Waals surface area contributed by atoms with Crippen LogP contribution in [0.2, 0.25) is 0 Å². The van der Waals surface area contributed by atoms with E-state index < -0.39 is 34.6 Å². The monoisotopic (exact) mass is 363 g/mol. The molecule has 0 aliphatic heterocycles. The van der Waals surface area contributed by atoms with Crippen LogP contribution in [0.3, 0.4) is 0 Å². The van der Waals surface area contributed by atoms with E-state index in [0.717, 1.165) is 0 Å². The highest BCUT2D eigenvalue weighted by atomic mass is 16.6. The van der Waals surface area contributed by atoms with Crippen molar-refractivity contribution in [3.8, 4) is 0 Å². The van der Waals surface area contributed by atoms with E-state index in [-0.39, 0.29) is 12.1 Å². The molecule has 0 radical (unpaired) electrons. The van der Waals surface area contributed by atoms with Gasteiger partial charge in [0.25, 0.3) is 5.69 Å². The van der Waals surface area contributed by atoms with E-state index in [1.54, 1.807) is 45.9 Å². The number of amides is 2. The zero-order valence-electron chi connectivity index (χ0n) is 15.4. The Balaban J connectivity index is 2.85. The number of benzene rings is 1. The number of hydrogen-bond donors (Lipinski definition) is 2. The number of alkyl carbamates (subject to hydrolysis) is 1. The van der Waals surface area contributed by atoms with Crippen molar-refractivity contribution in [2.24, 2.45) is 0 Å². The predicted molar refractivity (Wildman–Crippen MR) is 97.6 cm³/mol. The largest absolute Gasteiger partial charge is 0.444 e. The quantitative estimate of drug-likeness (QED) is 0.439. The first-order valence-electron chi connectivity index (χ1n) is 8.19. The lowest BCUT2D eigenvalue weighted by Crippen LogP contribution is -2.48. The van der Waals surface area contributed by atoms with Gasteiger partial charge < -0.3 is 15.4 Å². The van der Waals surface area contributed by atoms with Crippen LogP contribution in [0.5, 0.6) is 0 Å². The maximum Gasteiger partial charge on any atom is 0.408 e. The highest BCUT2D eigenvalue weighted by molar-refractivity contribution is 5.86. The van der Waals surface area contributed by atoms with Crippen molar-refractivity contribution in [3.05, 3.63) is 52.6 Å². The van der Waals surface area contributed by atoms with Gasteiger partial charge in [0.15, 0.2) is 0 Å². The molecule has 8 heteroatoms. The van der Waals surface area contributed by atoms with Crippen LogP contribution in [0.4, 0.5) is 10.5 Å². The molecule has 0 aliphatic rings. The molecular formula is C18H25N3O5. The van der Waals surface area contributed by atoms with Crippen molar-refractivity contribution >= 4 is 17.7 Å². The summed E-state index contributed by atoms with van der Waals surface area (Å²) in [7, 11) is 0. The van der Waals surface area contributed by atoms with Gasteiger partial charge in [-0.15, -0.1) is 6.58 Å². The Kier molecular flexibility index (Phi) is 7.30. The van der Waals surface area contributed by atoms with Crippen molar-refractivity contribution in [1.82, 2.24) is 10.6 Å². The van der Waals surface area contributed by atoms with Crippen LogP contribution >= 0.6 is 0 Å². The molecule has 1 aromatic carbocycles. The Morgan fingerprint density at radius 3 is 2.46 bits per heavy atom. The van der Waals surface area contributed by atoms with Gasteiger partial charge in [0, 0.05) is 6.07 Å². The minimum absolute atomic E-state index is 0.0827. The molecule has 142 valence electrons. The molecule has 0 fully saturated rings. The summed E-state index contributed by atoms with van der Waals surface area (Å²) in [5.41, 5.74) is -0.404. The van der Waals surface area contributed by atoms with E-state index in [0.29, 0.717) is 5.56 Å². The van der Waals surface area contributed by atoms with Gasteiger partial charge in [-0.2, -0.15) is 0 Å². The molecule has 2 atom stereocenters. The first-order valence-corrected chi connectivity index (χ1v) is 8.19. The van der Waals surface area contributed by atoms with Gasteiger partial charge in [-0.05, 0) is 34.1 Å². The summed E-state index contributed by atoms with van der Waals surface area (Å²) in [6.45, 7) is 10.4. The molecule has 1 rings (SSSR count). The molecule has 26 heavy (non-hydrogen) atoms. The number of nitrogens with zero attached hydrogens (tertiary/aromatic N) is 1. The molecule has 0 saturated heterocycles. The van der Waals surface area contributed by atoms with Gasteiger partial charge in [-0.3, -0.25) is 14.9 Å². The molecule has 0 saturated carbocycles. The maximum absolute atomic E-state index is 12.5. The normalized spacial score (nSPS) is 13.2. The summed E-state index contributed by atoms with van der Waals surface area (Å²) < 4.78 is 5.15. The van der Waals surface area contributed by atoms with Crippen LogP contribution in [-0.4, -0.2) is 28.6 Å². The molecule has 8 nitrogen and oxygen atoms in total. The fraction of sp³-hybridized carbons (Fsp3) is 0.444. The number of nitrogens with one attached hydrogen (secondary N) is 2. The van der Waals surface area contributed by atoms with Gasteiger partial charge in [0.05, 0.1) is 16.5 Å². The standard InChI is InChI=1S/C18H25N3O5/c1-6-9-14(20-17(23)26-18(3,4)5)16(22)19-12(2)13-10-7-8-11-15(13)21(24)25/h6-8,10-12,14H,1,9H2,2-5H3,(H,19,22)(H,20,23)/t12?,14-/m0/s1. The van der Waals surface area contributed by atoms with Crippen molar-refractivity contribution in [3.63, 3.8) is 0 Å². The number of para-hydroxylation sites is 1. The summed E-state index contributed by atoms with van der Waals surface area (Å²) in [4.78, 5) is 35.0. The lowest BCUT2D eigenvalue weighted by atomic mass is 10.1. The van der Waals surface area contributed by atoms with E-state index in [2.05, 4.69) is 17.2 Å². The van der Waals surface area contributed by atoms with E-state index >= 15 is 0 Å². The SMILES string of the molecule is C=CC[C@H](NC(=O)OC(C)(C)C)C(=O)NC(C)c1ccccc1[N+](=O)[O-]. The Hall–Kier alpha value is -2.90. The molecule has 0 spiro atoms. The highest BCUT2D eigenvalue weighted by Crippen LogP contribution is 2.24. The topological polar surface area (TPSA) is 111 Å². The number of carbonyl (C=O) groups is 2. The summed E-state index contributed by atoms with van der Waals surface area (Å²) in [6, 6.07) is 4.65. The van der Waals surface area contributed by atoms with Gasteiger partial charge in [0.1, 0.15) is 11.6 Å². The van der Waals surface area contributed by atoms with Crippen LogP contribution in [0, 0.1) is 10.1 Å². The van der Waals surface area contributed by atoms with E-state index in [1.807, 2.05) is 0 Å². The number of nitro benzene ring substituents is 1. The summed E-state index contributed by atoms with van der Waals surface area (Å²) in [5, 5.41) is 16.3. The first kappa shape index (κ1) is 21.1. The van der Waals surface area contributed by atoms with Gasteiger partial charge in [-0.1, -0.05) is 24.3 Å². The molecule has 1 aromatic rings. The van der Waals surface area contributed by atoms with Crippen molar-refractivity contribution in [2.45, 2.75) is 51.8 Å². The van der Waals surface area contributed by atoms with Crippen molar-refractivity contribution in [1.29, 1.82) is 0 Å². The smallest absolute Gasteiger partial charge is 0.408 e. The second-order valence-electron chi connectivity index (χ2n) is 6.77. The molecule has 0 aromatic heterocycles. The third kappa shape index (κ3) is 6.54. The second kappa shape index (κ2) is 8.98. The molecule has 0 aliphatic carbocycles. The minimum Gasteiger partial charge on any atom is -0.444 e. The lowest BCUT2D eigenvalue weighted by molar-refractivity contribution is -0.385. The highest BCUT2D eigenvalue weighted by Gasteiger charge is 2.26. The van der Waals surface area contributed by atoms with Gasteiger partial charge in [-0.25, -0.2) is 4.79 Å². The predicted octanol–water partition coefficient (Wildman–Crippen LogP) is 3.24. The third-order valence-electron chi connectivity index (χ3n) is 3.37. The van der Waals surface area contributed by atoms with Crippen molar-refractivity contribution < 1.29 is 19.2 Å². The van der Waals surface area contributed by atoms with Crippen LogP contribution in [0.25, 0.3) is 0 Å². The number of hydrogen-bond acceptors (Lipinski definition) is 5. The van der Waals surface area contributed by atoms with E-state index in [4.69, 9.17) is 4.74 Å². The number of nitro groups is 1. The molecular weight excluding hydrogens is 338 g/mol. The zero-order valence-corrected chi connectivity index (χ0v) is 15.4. The molecule has 0 heterocycles. The summed E-state index contributed by atoms with van der Waals surface area (Å²) in [5.74, 6) is -0.485. The van der Waals surface area contributed by atoms with E-state index in [1.165, 1.54) is 12.1 Å². The first-order chi connectivity index (χ1) is 12.0. The fourth-order valence-corrected chi connectivity index (χ4v) is 2.26. The van der Waals surface area contributed by atoms with E-state index in [9.17, 15) is 19.7 Å². The molecule has 0 bridgehead atoms. The zero-order chi connectivity index (χ0) is 19.9. The summed E-state index contributed by atoms with van der Waals surface area (Å²) >= 11 is 0. The van der Waals surface area contributed by atoms with Crippen LogP contribution in [0.1, 0.15) is 45.7 Å². The average Bonchev–Trinajstić information content (AvgIpc) is 2.52. The molecule has 2 amide bonds. The van der Waals surface area contributed by atoms with Crippen LogP contribution < -0.4 is 10.6 Å². The number of ether oxygens (including phenoxy) is 1. The Morgan fingerprint density at radius 1 is 1.31 bits per heavy atom.